The van der Waals surface area contributed by atoms with E-state index in [1.807, 2.05) is 12.1 Å². The number of hydrogen-bond donors (Lipinski definition) is 3. The van der Waals surface area contributed by atoms with Crippen molar-refractivity contribution in [1.82, 2.24) is 25.8 Å². The second kappa shape index (κ2) is 12.5. The Morgan fingerprint density at radius 2 is 2.15 bits per heavy atom. The molecule has 1 aliphatic heterocycles. The molecule has 0 amide bonds. The van der Waals surface area contributed by atoms with Crippen LogP contribution in [0.15, 0.2) is 53.8 Å². The van der Waals surface area contributed by atoms with Crippen LogP contribution in [0, 0.1) is 6.92 Å². The number of aryl methyl sites for hydroxylation is 1. The van der Waals surface area contributed by atoms with Gasteiger partial charge in [-0.25, -0.2) is 9.98 Å². The van der Waals surface area contributed by atoms with Crippen molar-refractivity contribution in [2.24, 2.45) is 4.99 Å². The number of hydrogen-bond acceptors (Lipinski definition) is 5. The third-order valence-corrected chi connectivity index (χ3v) is 5.23. The van der Waals surface area contributed by atoms with Crippen LogP contribution in [0.3, 0.4) is 0 Å². The van der Waals surface area contributed by atoms with E-state index < -0.39 is 0 Å². The van der Waals surface area contributed by atoms with Crippen LogP contribution in [0.25, 0.3) is 11.4 Å². The van der Waals surface area contributed by atoms with Crippen molar-refractivity contribution in [3.63, 3.8) is 0 Å². The molecule has 33 heavy (non-hydrogen) atoms. The van der Waals surface area contributed by atoms with Crippen LogP contribution in [0.4, 0.5) is 0 Å². The second-order valence-corrected chi connectivity index (χ2v) is 7.80. The zero-order valence-electron chi connectivity index (χ0n) is 19.0. The highest BCUT2D eigenvalue weighted by Gasteiger charge is 2.18. The van der Waals surface area contributed by atoms with Crippen molar-refractivity contribution in [1.29, 1.82) is 0 Å². The van der Waals surface area contributed by atoms with Gasteiger partial charge in [0.1, 0.15) is 18.2 Å². The Labute approximate surface area is 211 Å². The van der Waals surface area contributed by atoms with Gasteiger partial charge in [-0.3, -0.25) is 5.10 Å². The van der Waals surface area contributed by atoms with Gasteiger partial charge in [-0.2, -0.15) is 5.10 Å². The Morgan fingerprint density at radius 1 is 1.24 bits per heavy atom. The molecule has 0 spiro atoms. The quantitative estimate of drug-likeness (QED) is 0.220. The number of ether oxygens (including phenoxy) is 2. The predicted octanol–water partition coefficient (Wildman–Crippen LogP) is 3.82. The largest absolute Gasteiger partial charge is 0.488 e. The van der Waals surface area contributed by atoms with Gasteiger partial charge in [0.15, 0.2) is 11.8 Å². The van der Waals surface area contributed by atoms with Crippen LogP contribution in [-0.2, 0) is 17.8 Å². The molecular weight excluding hydrogens is 531 g/mol. The van der Waals surface area contributed by atoms with Crippen LogP contribution >= 0.6 is 24.0 Å². The standard InChI is InChI=1S/C24H30N6O2.HI/c1-3-25-24(26-13-18-5-4-6-19(12-18)23-28-16-29-30-23)27-14-20-8-7-17(2)11-22(20)32-21-9-10-31-15-21;/h4-8,11-12,16,21H,3,9-10,13-15H2,1-2H3,(H2,25,26,27)(H,28,29,30);1H. The fourth-order valence-corrected chi connectivity index (χ4v) is 3.56. The topological polar surface area (TPSA) is 96.5 Å². The van der Waals surface area contributed by atoms with Crippen LogP contribution in [-0.4, -0.2) is 47.0 Å². The van der Waals surface area contributed by atoms with Gasteiger partial charge in [0.25, 0.3) is 0 Å². The van der Waals surface area contributed by atoms with E-state index in [1.54, 1.807) is 0 Å². The van der Waals surface area contributed by atoms with E-state index >= 15 is 0 Å². The van der Waals surface area contributed by atoms with E-state index in [0.29, 0.717) is 19.7 Å². The van der Waals surface area contributed by atoms with Crippen LogP contribution in [0.1, 0.15) is 30.0 Å². The number of H-pyrrole nitrogens is 1. The minimum atomic E-state index is 0. The molecule has 1 unspecified atom stereocenters. The number of aliphatic imine (C=N–C) groups is 1. The molecule has 1 aliphatic rings. The van der Waals surface area contributed by atoms with Gasteiger partial charge in [-0.05, 0) is 37.1 Å². The molecule has 0 aliphatic carbocycles. The molecular formula is C24H31IN6O2. The number of guanidine groups is 1. The third-order valence-electron chi connectivity index (χ3n) is 5.23. The van der Waals surface area contributed by atoms with Gasteiger partial charge in [0.2, 0.25) is 0 Å². The summed E-state index contributed by atoms with van der Waals surface area (Å²) in [5, 5.41) is 13.6. The van der Waals surface area contributed by atoms with Crippen LogP contribution in [0.5, 0.6) is 5.75 Å². The van der Waals surface area contributed by atoms with E-state index in [2.05, 4.69) is 70.0 Å². The molecule has 8 nitrogen and oxygen atoms in total. The minimum Gasteiger partial charge on any atom is -0.488 e. The average molecular weight is 562 g/mol. The van der Waals surface area contributed by atoms with Crippen molar-refractivity contribution in [3.05, 3.63) is 65.5 Å². The first-order chi connectivity index (χ1) is 15.7. The van der Waals surface area contributed by atoms with Crippen LogP contribution in [0.2, 0.25) is 0 Å². The SMILES string of the molecule is CCNC(=NCc1cccc(-c2ncn[nH]2)c1)NCc1ccc(C)cc1OC1CCOC1.I. The number of halogens is 1. The maximum Gasteiger partial charge on any atom is 0.191 e. The monoisotopic (exact) mass is 562 g/mol. The van der Waals surface area contributed by atoms with Gasteiger partial charge >= 0.3 is 0 Å². The summed E-state index contributed by atoms with van der Waals surface area (Å²) in [5.74, 6) is 2.41. The third kappa shape index (κ3) is 7.16. The Hall–Kier alpha value is -2.66. The average Bonchev–Trinajstić information content (AvgIpc) is 3.51. The first-order valence-electron chi connectivity index (χ1n) is 11.0. The molecule has 1 aromatic heterocycles. The summed E-state index contributed by atoms with van der Waals surface area (Å²) in [4.78, 5) is 8.98. The number of nitrogens with zero attached hydrogens (tertiary/aromatic N) is 3. The molecule has 3 N–H and O–H groups in total. The summed E-state index contributed by atoms with van der Waals surface area (Å²) < 4.78 is 11.7. The van der Waals surface area contributed by atoms with Gasteiger partial charge < -0.3 is 20.1 Å². The lowest BCUT2D eigenvalue weighted by atomic mass is 10.1. The second-order valence-electron chi connectivity index (χ2n) is 7.80. The molecule has 2 aromatic carbocycles. The zero-order valence-corrected chi connectivity index (χ0v) is 21.3. The van der Waals surface area contributed by atoms with Gasteiger partial charge in [0.05, 0.1) is 19.8 Å². The molecule has 0 saturated carbocycles. The van der Waals surface area contributed by atoms with Gasteiger partial charge in [0, 0.05) is 30.6 Å². The molecule has 1 atom stereocenters. The molecule has 3 aromatic rings. The first kappa shape index (κ1) is 25.0. The molecule has 4 rings (SSSR count). The molecule has 1 fully saturated rings. The normalized spacial score (nSPS) is 15.7. The number of nitrogens with one attached hydrogen (secondary N) is 3. The number of aromatic amines is 1. The Balaban J connectivity index is 0.00000306. The van der Waals surface area contributed by atoms with E-state index in [9.17, 15) is 0 Å². The summed E-state index contributed by atoms with van der Waals surface area (Å²) in [5.41, 5.74) is 4.36. The molecule has 0 bridgehead atoms. The molecule has 9 heteroatoms. The van der Waals surface area contributed by atoms with Crippen LogP contribution < -0.4 is 15.4 Å². The van der Waals surface area contributed by atoms with Gasteiger partial charge in [-0.15, -0.1) is 24.0 Å². The lowest BCUT2D eigenvalue weighted by molar-refractivity contribution is 0.140. The minimum absolute atomic E-state index is 0. The van der Waals surface area contributed by atoms with E-state index in [0.717, 1.165) is 53.8 Å². The number of aromatic nitrogens is 3. The fraction of sp³-hybridized carbons (Fsp3) is 0.375. The number of benzene rings is 2. The summed E-state index contributed by atoms with van der Waals surface area (Å²) in [6.45, 7) is 7.49. The number of rotatable bonds is 8. The molecule has 2 heterocycles. The Kier molecular flexibility index (Phi) is 9.49. The van der Waals surface area contributed by atoms with Crippen molar-refractivity contribution in [2.75, 3.05) is 19.8 Å². The lowest BCUT2D eigenvalue weighted by Crippen LogP contribution is -2.37. The lowest BCUT2D eigenvalue weighted by Gasteiger charge is -2.18. The van der Waals surface area contributed by atoms with Gasteiger partial charge in [-0.1, -0.05) is 30.3 Å². The summed E-state index contributed by atoms with van der Waals surface area (Å²) >= 11 is 0. The first-order valence-corrected chi connectivity index (χ1v) is 11.0. The highest BCUT2D eigenvalue weighted by atomic mass is 127. The highest BCUT2D eigenvalue weighted by Crippen LogP contribution is 2.24. The van der Waals surface area contributed by atoms with Crippen molar-refractivity contribution >= 4 is 29.9 Å². The molecule has 1 saturated heterocycles. The van der Waals surface area contributed by atoms with E-state index in [-0.39, 0.29) is 30.1 Å². The van der Waals surface area contributed by atoms with E-state index in [1.165, 1.54) is 11.9 Å². The Morgan fingerprint density at radius 3 is 2.91 bits per heavy atom. The fourth-order valence-electron chi connectivity index (χ4n) is 3.56. The van der Waals surface area contributed by atoms with E-state index in [4.69, 9.17) is 14.5 Å². The maximum absolute atomic E-state index is 6.22. The molecule has 0 radical (unpaired) electrons. The predicted molar refractivity (Wildman–Crippen MR) is 140 cm³/mol. The van der Waals surface area contributed by atoms with Crippen molar-refractivity contribution < 1.29 is 9.47 Å². The molecule has 176 valence electrons. The zero-order chi connectivity index (χ0) is 22.2. The van der Waals surface area contributed by atoms with Crippen molar-refractivity contribution in [2.45, 2.75) is 39.5 Å². The van der Waals surface area contributed by atoms with Crippen molar-refractivity contribution in [3.8, 4) is 17.1 Å². The summed E-state index contributed by atoms with van der Waals surface area (Å²) in [7, 11) is 0. The summed E-state index contributed by atoms with van der Waals surface area (Å²) in [6.07, 6.45) is 2.56. The maximum atomic E-state index is 6.22. The highest BCUT2D eigenvalue weighted by molar-refractivity contribution is 14.0. The smallest absolute Gasteiger partial charge is 0.191 e. The Bertz CT molecular complexity index is 1040. The summed E-state index contributed by atoms with van der Waals surface area (Å²) in [6, 6.07) is 14.4.